The van der Waals surface area contributed by atoms with Gasteiger partial charge in [0.1, 0.15) is 17.3 Å². The molecule has 0 bridgehead atoms. The molecule has 1 aromatic heterocycles. The summed E-state index contributed by atoms with van der Waals surface area (Å²) in [6, 6.07) is 8.17. The third-order valence-electron chi connectivity index (χ3n) is 2.95. The molecule has 1 N–H and O–H groups in total. The van der Waals surface area contributed by atoms with Gasteiger partial charge in [-0.1, -0.05) is 0 Å². The average Bonchev–Trinajstić information content (AvgIpc) is 2.39. The summed E-state index contributed by atoms with van der Waals surface area (Å²) in [4.78, 5) is 4.32. The number of ether oxygens (including phenoxy) is 1. The molecule has 0 spiro atoms. The highest BCUT2D eigenvalue weighted by atomic mass is 19.1. The van der Waals surface area contributed by atoms with Gasteiger partial charge >= 0.3 is 0 Å². The zero-order chi connectivity index (χ0) is 15.5. The van der Waals surface area contributed by atoms with Gasteiger partial charge in [-0.25, -0.2) is 4.39 Å². The molecule has 0 aliphatic rings. The van der Waals surface area contributed by atoms with Crippen molar-refractivity contribution in [1.82, 2.24) is 10.3 Å². The molecule has 0 aliphatic carbocycles. The highest BCUT2D eigenvalue weighted by Gasteiger charge is 2.09. The minimum atomic E-state index is -0.260. The smallest absolute Gasteiger partial charge is 0.130 e. The van der Waals surface area contributed by atoms with Crippen LogP contribution in [0.1, 0.15) is 32.0 Å². The Labute approximate surface area is 125 Å². The van der Waals surface area contributed by atoms with Crippen LogP contribution in [0.15, 0.2) is 36.5 Å². The molecule has 0 radical (unpaired) electrons. The maximum atomic E-state index is 13.1. The Morgan fingerprint density at radius 2 is 1.95 bits per heavy atom. The Morgan fingerprint density at radius 1 is 1.19 bits per heavy atom. The van der Waals surface area contributed by atoms with Gasteiger partial charge < -0.3 is 10.1 Å². The lowest BCUT2D eigenvalue weighted by molar-refractivity contribution is 0.419. The van der Waals surface area contributed by atoms with Crippen molar-refractivity contribution in [2.24, 2.45) is 0 Å². The lowest BCUT2D eigenvalue weighted by Gasteiger charge is -2.20. The van der Waals surface area contributed by atoms with Crippen LogP contribution in [0.2, 0.25) is 0 Å². The van der Waals surface area contributed by atoms with Crippen molar-refractivity contribution < 1.29 is 9.13 Å². The first-order chi connectivity index (χ1) is 9.83. The second kappa shape index (κ2) is 6.22. The summed E-state index contributed by atoms with van der Waals surface area (Å²) in [6.45, 7) is 8.81. The monoisotopic (exact) mass is 288 g/mol. The van der Waals surface area contributed by atoms with Gasteiger partial charge in [-0.3, -0.25) is 4.98 Å². The number of hydrogen-bond donors (Lipinski definition) is 1. The Hall–Kier alpha value is -1.94. The normalized spacial score (nSPS) is 11.5. The van der Waals surface area contributed by atoms with Crippen LogP contribution in [0.25, 0.3) is 0 Å². The van der Waals surface area contributed by atoms with Gasteiger partial charge in [0.15, 0.2) is 0 Å². The summed E-state index contributed by atoms with van der Waals surface area (Å²) < 4.78 is 18.9. The standard InChI is InChI=1S/C17H21FN2O/c1-12-9-13(18)5-6-16(12)21-15-7-8-19-14(10-15)11-20-17(2,3)4/h5-10,20H,11H2,1-4H3. The molecule has 1 heterocycles. The molecule has 0 aliphatic heterocycles. The largest absolute Gasteiger partial charge is 0.457 e. The maximum Gasteiger partial charge on any atom is 0.130 e. The van der Waals surface area contributed by atoms with Gasteiger partial charge in [0.25, 0.3) is 0 Å². The molecule has 112 valence electrons. The summed E-state index contributed by atoms with van der Waals surface area (Å²) in [6.07, 6.45) is 1.72. The summed E-state index contributed by atoms with van der Waals surface area (Å²) in [5, 5.41) is 3.38. The van der Waals surface area contributed by atoms with E-state index in [0.29, 0.717) is 18.0 Å². The molecule has 21 heavy (non-hydrogen) atoms. The highest BCUT2D eigenvalue weighted by molar-refractivity contribution is 5.37. The number of rotatable bonds is 4. The zero-order valence-electron chi connectivity index (χ0n) is 12.9. The van der Waals surface area contributed by atoms with E-state index in [9.17, 15) is 4.39 Å². The fraction of sp³-hybridized carbons (Fsp3) is 0.353. The van der Waals surface area contributed by atoms with Crippen molar-refractivity contribution in [3.05, 3.63) is 53.6 Å². The average molecular weight is 288 g/mol. The molecule has 2 aromatic rings. The molecular weight excluding hydrogens is 267 g/mol. The molecule has 0 saturated carbocycles. The lowest BCUT2D eigenvalue weighted by atomic mass is 10.1. The van der Waals surface area contributed by atoms with E-state index in [0.717, 1.165) is 11.3 Å². The van der Waals surface area contributed by atoms with Gasteiger partial charge in [-0.05, 0) is 57.5 Å². The molecule has 0 atom stereocenters. The van der Waals surface area contributed by atoms with Crippen LogP contribution in [-0.4, -0.2) is 10.5 Å². The van der Waals surface area contributed by atoms with Crippen LogP contribution in [0.3, 0.4) is 0 Å². The molecule has 0 fully saturated rings. The minimum Gasteiger partial charge on any atom is -0.457 e. The lowest BCUT2D eigenvalue weighted by Crippen LogP contribution is -2.35. The van der Waals surface area contributed by atoms with E-state index < -0.39 is 0 Å². The number of aromatic nitrogens is 1. The Balaban J connectivity index is 2.10. The SMILES string of the molecule is Cc1cc(F)ccc1Oc1ccnc(CNC(C)(C)C)c1. The van der Waals surface area contributed by atoms with Gasteiger partial charge in [0, 0.05) is 24.3 Å². The highest BCUT2D eigenvalue weighted by Crippen LogP contribution is 2.25. The molecule has 0 unspecified atom stereocenters. The number of aryl methyl sites for hydroxylation is 1. The van der Waals surface area contributed by atoms with Crippen LogP contribution in [-0.2, 0) is 6.54 Å². The topological polar surface area (TPSA) is 34.1 Å². The van der Waals surface area contributed by atoms with E-state index >= 15 is 0 Å². The summed E-state index contributed by atoms with van der Waals surface area (Å²) in [7, 11) is 0. The molecule has 3 nitrogen and oxygen atoms in total. The molecule has 0 saturated heterocycles. The predicted molar refractivity (Wildman–Crippen MR) is 82.0 cm³/mol. The Morgan fingerprint density at radius 3 is 2.62 bits per heavy atom. The van der Waals surface area contributed by atoms with Crippen LogP contribution >= 0.6 is 0 Å². The second-order valence-electron chi connectivity index (χ2n) is 6.10. The van der Waals surface area contributed by atoms with Crippen LogP contribution in [0, 0.1) is 12.7 Å². The van der Waals surface area contributed by atoms with Crippen LogP contribution < -0.4 is 10.1 Å². The van der Waals surface area contributed by atoms with Crippen molar-refractivity contribution in [2.45, 2.75) is 39.8 Å². The van der Waals surface area contributed by atoms with Crippen molar-refractivity contribution in [1.29, 1.82) is 0 Å². The van der Waals surface area contributed by atoms with E-state index in [1.54, 1.807) is 18.3 Å². The van der Waals surface area contributed by atoms with E-state index in [1.807, 2.05) is 13.0 Å². The molecule has 2 rings (SSSR count). The van der Waals surface area contributed by atoms with Gasteiger partial charge in [0.05, 0.1) is 5.69 Å². The number of hydrogen-bond acceptors (Lipinski definition) is 3. The first kappa shape index (κ1) is 15.4. The Bertz CT molecular complexity index is 620. The summed E-state index contributed by atoms with van der Waals surface area (Å²) in [5.41, 5.74) is 1.70. The maximum absolute atomic E-state index is 13.1. The van der Waals surface area contributed by atoms with Gasteiger partial charge in [0.2, 0.25) is 0 Å². The van der Waals surface area contributed by atoms with Gasteiger partial charge in [-0.15, -0.1) is 0 Å². The van der Waals surface area contributed by atoms with Crippen LogP contribution in [0.5, 0.6) is 11.5 Å². The first-order valence-corrected chi connectivity index (χ1v) is 6.97. The minimum absolute atomic E-state index is 0.0338. The van der Waals surface area contributed by atoms with Crippen molar-refractivity contribution in [3.63, 3.8) is 0 Å². The molecule has 1 aromatic carbocycles. The first-order valence-electron chi connectivity index (χ1n) is 6.97. The van der Waals surface area contributed by atoms with Gasteiger partial charge in [-0.2, -0.15) is 0 Å². The van der Waals surface area contributed by atoms with E-state index in [-0.39, 0.29) is 11.4 Å². The third-order valence-corrected chi connectivity index (χ3v) is 2.95. The van der Waals surface area contributed by atoms with Crippen LogP contribution in [0.4, 0.5) is 4.39 Å². The van der Waals surface area contributed by atoms with Crippen molar-refractivity contribution in [2.75, 3.05) is 0 Å². The number of nitrogens with zero attached hydrogens (tertiary/aromatic N) is 1. The zero-order valence-corrected chi connectivity index (χ0v) is 12.9. The fourth-order valence-electron chi connectivity index (χ4n) is 1.83. The Kier molecular flexibility index (Phi) is 4.58. The quantitative estimate of drug-likeness (QED) is 0.915. The molecular formula is C17H21FN2O. The van der Waals surface area contributed by atoms with E-state index in [1.165, 1.54) is 12.1 Å². The number of halogens is 1. The summed E-state index contributed by atoms with van der Waals surface area (Å²) in [5.74, 6) is 1.09. The number of benzene rings is 1. The molecule has 4 heteroatoms. The van der Waals surface area contributed by atoms with E-state index in [4.69, 9.17) is 4.74 Å². The third kappa shape index (κ3) is 4.83. The fourth-order valence-corrected chi connectivity index (χ4v) is 1.83. The summed E-state index contributed by atoms with van der Waals surface area (Å²) >= 11 is 0. The van der Waals surface area contributed by atoms with E-state index in [2.05, 4.69) is 31.1 Å². The molecule has 0 amide bonds. The predicted octanol–water partition coefficient (Wildman–Crippen LogP) is 4.21. The number of nitrogens with one attached hydrogen (secondary N) is 1. The number of pyridine rings is 1. The van der Waals surface area contributed by atoms with Crippen molar-refractivity contribution >= 4 is 0 Å². The van der Waals surface area contributed by atoms with Crippen molar-refractivity contribution in [3.8, 4) is 11.5 Å². The second-order valence-corrected chi connectivity index (χ2v) is 6.10.